The molecule has 31 heavy (non-hydrogen) atoms. The Bertz CT molecular complexity index is 944. The topological polar surface area (TPSA) is 66.8 Å². The number of amides is 1. The lowest BCUT2D eigenvalue weighted by Gasteiger charge is -2.25. The average Bonchev–Trinajstić information content (AvgIpc) is 3.06. The Labute approximate surface area is 184 Å². The quantitative estimate of drug-likeness (QED) is 0.341. The summed E-state index contributed by atoms with van der Waals surface area (Å²) in [6.45, 7) is 7.23. The average molecular weight is 422 g/mol. The van der Waals surface area contributed by atoms with Crippen LogP contribution < -0.4 is 4.74 Å². The maximum absolute atomic E-state index is 13.0. The van der Waals surface area contributed by atoms with E-state index in [-0.39, 0.29) is 11.3 Å². The summed E-state index contributed by atoms with van der Waals surface area (Å²) in [7, 11) is 0. The predicted molar refractivity (Wildman–Crippen MR) is 122 cm³/mol. The fourth-order valence-electron chi connectivity index (χ4n) is 3.81. The van der Waals surface area contributed by atoms with Gasteiger partial charge in [0.15, 0.2) is 0 Å². The smallest absolute Gasteiger partial charge is 0.295 e. The molecule has 1 aliphatic heterocycles. The molecular weight excluding hydrogens is 390 g/mol. The van der Waals surface area contributed by atoms with Crippen LogP contribution in [-0.2, 0) is 16.0 Å². The van der Waals surface area contributed by atoms with E-state index in [1.807, 2.05) is 50.2 Å². The summed E-state index contributed by atoms with van der Waals surface area (Å²) in [6, 6.07) is 14.3. The minimum atomic E-state index is -0.635. The van der Waals surface area contributed by atoms with Crippen LogP contribution in [0.1, 0.15) is 62.8 Å². The van der Waals surface area contributed by atoms with Gasteiger partial charge >= 0.3 is 0 Å². The van der Waals surface area contributed by atoms with Gasteiger partial charge in [-0.15, -0.1) is 0 Å². The van der Waals surface area contributed by atoms with Crippen molar-refractivity contribution in [2.45, 2.75) is 52.5 Å². The number of hydrogen-bond donors (Lipinski definition) is 1. The van der Waals surface area contributed by atoms with Gasteiger partial charge in [-0.05, 0) is 42.5 Å². The van der Waals surface area contributed by atoms with Crippen molar-refractivity contribution in [2.24, 2.45) is 0 Å². The summed E-state index contributed by atoms with van der Waals surface area (Å²) in [5, 5.41) is 11.1. The number of unbranched alkanes of at least 4 members (excludes halogenated alkanes) is 1. The first-order chi connectivity index (χ1) is 15.0. The fourth-order valence-corrected chi connectivity index (χ4v) is 3.81. The first kappa shape index (κ1) is 22.6. The molecule has 0 aliphatic carbocycles. The molecule has 0 saturated carbocycles. The number of ether oxygens (including phenoxy) is 1. The van der Waals surface area contributed by atoms with Crippen LogP contribution in [0.2, 0.25) is 0 Å². The molecule has 0 aromatic heterocycles. The summed E-state index contributed by atoms with van der Waals surface area (Å²) < 4.78 is 5.66. The normalized spacial score (nSPS) is 17.9. The Morgan fingerprint density at radius 2 is 1.65 bits per heavy atom. The summed E-state index contributed by atoms with van der Waals surface area (Å²) in [5.74, 6) is -0.580. The number of nitrogens with zero attached hydrogens (tertiary/aromatic N) is 1. The number of Topliss-reactive ketones (excluding diaryl/α,β-unsaturated/α-hetero) is 1. The van der Waals surface area contributed by atoms with E-state index in [1.54, 1.807) is 17.0 Å². The Morgan fingerprint density at radius 3 is 2.23 bits per heavy atom. The molecule has 5 nitrogen and oxygen atoms in total. The number of aryl methyl sites for hydroxylation is 1. The van der Waals surface area contributed by atoms with Crippen LogP contribution in [0.15, 0.2) is 54.1 Å². The number of carbonyl (C=O) groups excluding carboxylic acids is 2. The van der Waals surface area contributed by atoms with Crippen LogP contribution in [-0.4, -0.2) is 34.8 Å². The number of benzene rings is 2. The van der Waals surface area contributed by atoms with Gasteiger partial charge in [-0.2, -0.15) is 0 Å². The molecule has 0 spiro atoms. The van der Waals surface area contributed by atoms with E-state index in [9.17, 15) is 14.7 Å². The second-order valence-corrected chi connectivity index (χ2v) is 7.81. The summed E-state index contributed by atoms with van der Waals surface area (Å²) >= 11 is 0. The molecule has 0 radical (unpaired) electrons. The predicted octanol–water partition coefficient (Wildman–Crippen LogP) is 5.26. The van der Waals surface area contributed by atoms with Crippen molar-refractivity contribution in [3.8, 4) is 5.75 Å². The van der Waals surface area contributed by atoms with Crippen molar-refractivity contribution in [2.75, 3.05) is 13.2 Å². The van der Waals surface area contributed by atoms with E-state index in [0.29, 0.717) is 18.7 Å². The number of hydrogen-bond acceptors (Lipinski definition) is 4. The number of aliphatic hydroxyl groups is 1. The number of carbonyl (C=O) groups is 2. The van der Waals surface area contributed by atoms with Gasteiger partial charge in [-0.1, -0.05) is 63.6 Å². The highest BCUT2D eigenvalue weighted by molar-refractivity contribution is 6.46. The van der Waals surface area contributed by atoms with E-state index in [0.717, 1.165) is 42.6 Å². The van der Waals surface area contributed by atoms with Gasteiger partial charge in [-0.3, -0.25) is 9.59 Å². The van der Waals surface area contributed by atoms with Crippen LogP contribution in [0.25, 0.3) is 5.76 Å². The van der Waals surface area contributed by atoms with Crippen LogP contribution >= 0.6 is 0 Å². The molecule has 2 aromatic carbocycles. The first-order valence-electron chi connectivity index (χ1n) is 11.1. The molecule has 1 fully saturated rings. The molecule has 0 bridgehead atoms. The molecule has 1 unspecified atom stereocenters. The lowest BCUT2D eigenvalue weighted by Crippen LogP contribution is -2.30. The van der Waals surface area contributed by atoms with Gasteiger partial charge in [0, 0.05) is 12.1 Å². The zero-order chi connectivity index (χ0) is 22.4. The molecule has 2 aromatic rings. The number of aliphatic hydroxyl groups excluding tert-OH is 1. The monoisotopic (exact) mass is 421 g/mol. The zero-order valence-corrected chi connectivity index (χ0v) is 18.6. The van der Waals surface area contributed by atoms with E-state index in [1.165, 1.54) is 0 Å². The third kappa shape index (κ3) is 4.82. The van der Waals surface area contributed by atoms with E-state index in [2.05, 4.69) is 6.92 Å². The third-order valence-corrected chi connectivity index (χ3v) is 5.60. The van der Waals surface area contributed by atoms with Crippen LogP contribution in [0.4, 0.5) is 0 Å². The number of likely N-dealkylation sites (tertiary alicyclic amines) is 1. The van der Waals surface area contributed by atoms with Gasteiger partial charge < -0.3 is 14.7 Å². The second kappa shape index (κ2) is 10.3. The Hall–Kier alpha value is -3.08. The third-order valence-electron chi connectivity index (χ3n) is 5.60. The molecule has 1 aliphatic rings. The summed E-state index contributed by atoms with van der Waals surface area (Å²) in [5.41, 5.74) is 2.61. The van der Waals surface area contributed by atoms with Gasteiger partial charge in [0.25, 0.3) is 11.7 Å². The Balaban J connectivity index is 2.05. The fraction of sp³-hybridized carbons (Fsp3) is 0.385. The van der Waals surface area contributed by atoms with Crippen molar-refractivity contribution in [1.29, 1.82) is 0 Å². The highest BCUT2D eigenvalue weighted by Crippen LogP contribution is 2.40. The van der Waals surface area contributed by atoms with Gasteiger partial charge in [-0.25, -0.2) is 0 Å². The standard InChI is InChI=1S/C26H31NO4/c1-4-7-16-27-23(19-12-14-21(15-13-19)31-17-5-2)22(25(29)26(27)30)24(28)20-10-8-18(6-3)9-11-20/h8-15,23,28H,4-7,16-17H2,1-3H3/b24-22-. The highest BCUT2D eigenvalue weighted by atomic mass is 16.5. The maximum Gasteiger partial charge on any atom is 0.295 e. The molecule has 1 heterocycles. The largest absolute Gasteiger partial charge is 0.507 e. The van der Waals surface area contributed by atoms with Crippen molar-refractivity contribution in [3.63, 3.8) is 0 Å². The molecule has 5 heteroatoms. The Morgan fingerprint density at radius 1 is 0.968 bits per heavy atom. The van der Waals surface area contributed by atoms with Crippen molar-refractivity contribution in [3.05, 3.63) is 70.8 Å². The molecule has 1 saturated heterocycles. The number of rotatable bonds is 9. The molecule has 3 rings (SSSR count). The molecule has 164 valence electrons. The van der Waals surface area contributed by atoms with E-state index in [4.69, 9.17) is 4.74 Å². The minimum absolute atomic E-state index is 0.128. The van der Waals surface area contributed by atoms with Gasteiger partial charge in [0.05, 0.1) is 18.2 Å². The van der Waals surface area contributed by atoms with Crippen molar-refractivity contribution < 1.29 is 19.4 Å². The minimum Gasteiger partial charge on any atom is -0.507 e. The summed E-state index contributed by atoms with van der Waals surface area (Å²) in [6.07, 6.45) is 3.48. The van der Waals surface area contributed by atoms with Gasteiger partial charge in [0.1, 0.15) is 11.5 Å². The van der Waals surface area contributed by atoms with Crippen molar-refractivity contribution >= 4 is 17.4 Å². The second-order valence-electron chi connectivity index (χ2n) is 7.81. The highest BCUT2D eigenvalue weighted by Gasteiger charge is 2.45. The lowest BCUT2D eigenvalue weighted by molar-refractivity contribution is -0.139. The van der Waals surface area contributed by atoms with Crippen molar-refractivity contribution in [1.82, 2.24) is 4.90 Å². The molecular formula is C26H31NO4. The maximum atomic E-state index is 13.0. The molecule has 1 N–H and O–H groups in total. The van der Waals surface area contributed by atoms with Crippen LogP contribution in [0, 0.1) is 0 Å². The van der Waals surface area contributed by atoms with Crippen LogP contribution in [0.5, 0.6) is 5.75 Å². The molecule has 1 atom stereocenters. The van der Waals surface area contributed by atoms with E-state index < -0.39 is 17.7 Å². The molecule has 1 amide bonds. The number of ketones is 1. The van der Waals surface area contributed by atoms with Crippen LogP contribution in [0.3, 0.4) is 0 Å². The lowest BCUT2D eigenvalue weighted by atomic mass is 9.94. The first-order valence-corrected chi connectivity index (χ1v) is 11.1. The summed E-state index contributed by atoms with van der Waals surface area (Å²) in [4.78, 5) is 27.4. The van der Waals surface area contributed by atoms with Gasteiger partial charge in [0.2, 0.25) is 0 Å². The van der Waals surface area contributed by atoms with E-state index >= 15 is 0 Å². The SMILES string of the molecule is CCCCN1C(=O)C(=O)/C(=C(\O)c2ccc(CC)cc2)C1c1ccc(OCCC)cc1. The Kier molecular flexibility index (Phi) is 7.50. The zero-order valence-electron chi connectivity index (χ0n) is 18.6.